The van der Waals surface area contributed by atoms with Gasteiger partial charge in [0, 0.05) is 21.3 Å². The van der Waals surface area contributed by atoms with E-state index >= 15 is 0 Å². The van der Waals surface area contributed by atoms with Crippen LogP contribution in [0.15, 0.2) is 81.7 Å². The Morgan fingerprint density at radius 2 is 1.71 bits per heavy atom. The second kappa shape index (κ2) is 7.67. The largest absolute Gasteiger partial charge is 0.436 e. The van der Waals surface area contributed by atoms with Gasteiger partial charge in [-0.25, -0.2) is 4.98 Å². The average Bonchev–Trinajstić information content (AvgIpc) is 3.19. The van der Waals surface area contributed by atoms with Gasteiger partial charge in [0.2, 0.25) is 5.89 Å². The second-order valence-electron chi connectivity index (χ2n) is 7.60. The molecular weight excluding hydrogens is 452 g/mol. The lowest BCUT2D eigenvalue weighted by Gasteiger charge is -2.07. The molecule has 1 heterocycles. The van der Waals surface area contributed by atoms with Crippen molar-refractivity contribution in [3.63, 3.8) is 0 Å². The van der Waals surface area contributed by atoms with Crippen LogP contribution in [0, 0.1) is 13.8 Å². The zero-order valence-electron chi connectivity index (χ0n) is 17.1. The first kappa shape index (κ1) is 19.5. The third-order valence-corrected chi connectivity index (χ3v) is 6.21. The lowest BCUT2D eigenvalue weighted by molar-refractivity contribution is 0.102. The Balaban J connectivity index is 1.49. The van der Waals surface area contributed by atoms with Crippen molar-refractivity contribution in [2.45, 2.75) is 13.8 Å². The third-order valence-electron chi connectivity index (χ3n) is 5.51. The number of hydrogen-bond acceptors (Lipinski definition) is 3. The number of fused-ring (bicyclic) bond motifs is 2. The highest BCUT2D eigenvalue weighted by Crippen LogP contribution is 2.34. The zero-order chi connectivity index (χ0) is 21.5. The summed E-state index contributed by atoms with van der Waals surface area (Å²) < 4.78 is 7.06. The number of aryl methyl sites for hydroxylation is 2. The van der Waals surface area contributed by atoms with Crippen molar-refractivity contribution in [1.82, 2.24) is 4.98 Å². The summed E-state index contributed by atoms with van der Waals surface area (Å²) in [5.74, 6) is 0.404. The summed E-state index contributed by atoms with van der Waals surface area (Å²) in [6.45, 7) is 4.03. The van der Waals surface area contributed by atoms with Crippen molar-refractivity contribution in [1.29, 1.82) is 0 Å². The molecule has 0 aliphatic carbocycles. The van der Waals surface area contributed by atoms with Crippen LogP contribution in [0.2, 0.25) is 0 Å². The molecule has 1 aromatic heterocycles. The highest BCUT2D eigenvalue weighted by atomic mass is 79.9. The molecule has 0 atom stereocenters. The number of oxazole rings is 1. The van der Waals surface area contributed by atoms with E-state index in [2.05, 4.69) is 33.4 Å². The van der Waals surface area contributed by atoms with Crippen LogP contribution in [-0.4, -0.2) is 10.9 Å². The number of carbonyl (C=O) groups excluding carboxylic acids is 1. The van der Waals surface area contributed by atoms with Crippen molar-refractivity contribution < 1.29 is 9.21 Å². The normalized spacial score (nSPS) is 11.2. The number of nitrogens with zero attached hydrogens (tertiary/aromatic N) is 1. The van der Waals surface area contributed by atoms with Crippen LogP contribution in [0.25, 0.3) is 33.3 Å². The van der Waals surface area contributed by atoms with Crippen LogP contribution in [0.4, 0.5) is 5.69 Å². The molecule has 31 heavy (non-hydrogen) atoms. The molecular formula is C26H19BrN2O2. The Labute approximate surface area is 188 Å². The van der Waals surface area contributed by atoms with Crippen LogP contribution in [0.5, 0.6) is 0 Å². The summed E-state index contributed by atoms with van der Waals surface area (Å²) in [4.78, 5) is 17.4. The molecule has 5 aromatic rings. The molecule has 5 heteroatoms. The van der Waals surface area contributed by atoms with Gasteiger partial charge in [0.05, 0.1) is 0 Å². The second-order valence-corrected chi connectivity index (χ2v) is 8.45. The molecule has 0 saturated carbocycles. The smallest absolute Gasteiger partial charge is 0.255 e. The number of hydrogen-bond donors (Lipinski definition) is 1. The van der Waals surface area contributed by atoms with Gasteiger partial charge in [-0.15, -0.1) is 0 Å². The Hall–Kier alpha value is -3.44. The number of aromatic nitrogens is 1. The molecule has 0 unspecified atom stereocenters. The first-order valence-corrected chi connectivity index (χ1v) is 10.8. The fourth-order valence-corrected chi connectivity index (χ4v) is 4.16. The quantitative estimate of drug-likeness (QED) is 0.301. The fourth-order valence-electron chi connectivity index (χ4n) is 3.66. The minimum absolute atomic E-state index is 0.148. The zero-order valence-corrected chi connectivity index (χ0v) is 18.7. The molecule has 0 bridgehead atoms. The molecule has 5 rings (SSSR count). The van der Waals surface area contributed by atoms with Crippen LogP contribution >= 0.6 is 15.9 Å². The summed E-state index contributed by atoms with van der Waals surface area (Å²) in [5, 5.41) is 5.12. The molecule has 152 valence electrons. The first-order chi connectivity index (χ1) is 15.0. The molecule has 0 aliphatic heterocycles. The standard InChI is InChI=1S/C26H19BrN2O2/c1-15-9-10-17(13-16(15)2)25(30)28-18-11-12-24-23(14-18)29-26(31-24)21-7-3-6-20-19(21)5-4-8-22(20)27/h3-14H,1-2H3,(H,28,30). The van der Waals surface area contributed by atoms with Crippen molar-refractivity contribution in [2.24, 2.45) is 0 Å². The maximum Gasteiger partial charge on any atom is 0.255 e. The van der Waals surface area contributed by atoms with Crippen LogP contribution in [0.3, 0.4) is 0 Å². The van der Waals surface area contributed by atoms with Gasteiger partial charge >= 0.3 is 0 Å². The number of halogens is 1. The Morgan fingerprint density at radius 1 is 0.903 bits per heavy atom. The van der Waals surface area contributed by atoms with Gasteiger partial charge in [0.1, 0.15) is 5.52 Å². The maximum atomic E-state index is 12.7. The van der Waals surface area contributed by atoms with Gasteiger partial charge in [-0.3, -0.25) is 4.79 Å². The number of nitrogens with one attached hydrogen (secondary N) is 1. The van der Waals surface area contributed by atoms with Crippen LogP contribution in [0.1, 0.15) is 21.5 Å². The monoisotopic (exact) mass is 470 g/mol. The van der Waals surface area contributed by atoms with E-state index in [1.54, 1.807) is 0 Å². The Bertz CT molecular complexity index is 1470. The summed E-state index contributed by atoms with van der Waals surface area (Å²) >= 11 is 3.61. The topological polar surface area (TPSA) is 55.1 Å². The molecule has 0 fully saturated rings. The Morgan fingerprint density at radius 3 is 2.55 bits per heavy atom. The lowest BCUT2D eigenvalue weighted by Crippen LogP contribution is -2.12. The predicted octanol–water partition coefficient (Wildman–Crippen LogP) is 7.28. The minimum atomic E-state index is -0.148. The van der Waals surface area contributed by atoms with Crippen molar-refractivity contribution in [3.8, 4) is 11.5 Å². The van der Waals surface area contributed by atoms with E-state index in [9.17, 15) is 4.79 Å². The van der Waals surface area contributed by atoms with Crippen LogP contribution in [-0.2, 0) is 0 Å². The molecule has 0 spiro atoms. The van der Waals surface area contributed by atoms with Crippen LogP contribution < -0.4 is 5.32 Å². The first-order valence-electron chi connectivity index (χ1n) is 9.96. The molecule has 0 radical (unpaired) electrons. The molecule has 1 amide bonds. The highest BCUT2D eigenvalue weighted by Gasteiger charge is 2.14. The summed E-state index contributed by atoms with van der Waals surface area (Å²) in [5.41, 5.74) is 5.85. The van der Waals surface area contributed by atoms with Gasteiger partial charge in [0.25, 0.3) is 5.91 Å². The van der Waals surface area contributed by atoms with Gasteiger partial charge in [-0.2, -0.15) is 0 Å². The Kier molecular flexibility index (Phi) is 4.83. The van der Waals surface area contributed by atoms with E-state index in [4.69, 9.17) is 9.40 Å². The lowest BCUT2D eigenvalue weighted by atomic mass is 10.0. The predicted molar refractivity (Wildman–Crippen MR) is 129 cm³/mol. The number of carbonyl (C=O) groups is 1. The summed E-state index contributed by atoms with van der Waals surface area (Å²) in [7, 11) is 0. The van der Waals surface area contributed by atoms with E-state index in [-0.39, 0.29) is 5.91 Å². The van der Waals surface area contributed by atoms with Gasteiger partial charge < -0.3 is 9.73 Å². The SMILES string of the molecule is Cc1ccc(C(=O)Nc2ccc3oc(-c4cccc5c(Br)cccc45)nc3c2)cc1C. The molecule has 0 aliphatic rings. The third kappa shape index (κ3) is 3.62. The molecule has 4 nitrogen and oxygen atoms in total. The van der Waals surface area contributed by atoms with Gasteiger partial charge in [-0.1, -0.05) is 46.3 Å². The number of anilines is 1. The van der Waals surface area contributed by atoms with Crippen molar-refractivity contribution in [3.05, 3.63) is 94.0 Å². The summed E-state index contributed by atoms with van der Waals surface area (Å²) in [6.07, 6.45) is 0. The van der Waals surface area contributed by atoms with E-state index in [1.165, 1.54) is 0 Å². The number of amides is 1. The maximum absolute atomic E-state index is 12.7. The van der Waals surface area contributed by atoms with E-state index in [1.807, 2.05) is 74.5 Å². The van der Waals surface area contributed by atoms with Crippen molar-refractivity contribution in [2.75, 3.05) is 5.32 Å². The van der Waals surface area contributed by atoms with E-state index in [0.717, 1.165) is 31.9 Å². The molecule has 0 saturated heterocycles. The fraction of sp³-hybridized carbons (Fsp3) is 0.0769. The highest BCUT2D eigenvalue weighted by molar-refractivity contribution is 9.10. The minimum Gasteiger partial charge on any atom is -0.436 e. The van der Waals surface area contributed by atoms with Gasteiger partial charge in [-0.05, 0) is 78.2 Å². The number of benzene rings is 4. The number of rotatable bonds is 3. The van der Waals surface area contributed by atoms with E-state index < -0.39 is 0 Å². The van der Waals surface area contributed by atoms with Gasteiger partial charge in [0.15, 0.2) is 5.58 Å². The van der Waals surface area contributed by atoms with Crippen molar-refractivity contribution >= 4 is 49.4 Å². The molecule has 1 N–H and O–H groups in total. The summed E-state index contributed by atoms with van der Waals surface area (Å²) in [6, 6.07) is 23.3. The average molecular weight is 471 g/mol. The molecule has 4 aromatic carbocycles. The van der Waals surface area contributed by atoms with E-state index in [0.29, 0.717) is 28.2 Å².